The largest absolute Gasteiger partial charge is 0.356 e. The van der Waals surface area contributed by atoms with Gasteiger partial charge in [0.05, 0.1) is 11.5 Å². The number of nitrogens with one attached hydrogen (secondary N) is 1. The Morgan fingerprint density at radius 3 is 2.67 bits per heavy atom. The van der Waals surface area contributed by atoms with Crippen molar-refractivity contribution < 1.29 is 13.2 Å². The van der Waals surface area contributed by atoms with Gasteiger partial charge in [0.2, 0.25) is 5.91 Å². The van der Waals surface area contributed by atoms with Crippen molar-refractivity contribution in [1.82, 2.24) is 5.32 Å². The van der Waals surface area contributed by atoms with Crippen molar-refractivity contribution in [3.05, 3.63) is 48.0 Å². The van der Waals surface area contributed by atoms with E-state index in [2.05, 4.69) is 35.6 Å². The maximum absolute atomic E-state index is 12.3. The second-order valence-corrected chi connectivity index (χ2v) is 9.30. The number of sulfone groups is 1. The molecule has 1 N–H and O–H groups in total. The molecule has 126 valence electrons. The van der Waals surface area contributed by atoms with E-state index in [1.54, 1.807) is 0 Å². The van der Waals surface area contributed by atoms with Crippen LogP contribution in [0.3, 0.4) is 0 Å². The Morgan fingerprint density at radius 1 is 1.12 bits per heavy atom. The van der Waals surface area contributed by atoms with Gasteiger partial charge in [-0.2, -0.15) is 0 Å². The number of amides is 1. The van der Waals surface area contributed by atoms with Crippen LogP contribution in [0, 0.1) is 11.8 Å². The molecular weight excluding hydrogens is 322 g/mol. The van der Waals surface area contributed by atoms with E-state index in [0.717, 1.165) is 6.42 Å². The van der Waals surface area contributed by atoms with Crippen LogP contribution in [-0.2, 0) is 14.6 Å². The van der Waals surface area contributed by atoms with Gasteiger partial charge in [-0.1, -0.05) is 42.5 Å². The monoisotopic (exact) mass is 343 g/mol. The van der Waals surface area contributed by atoms with Gasteiger partial charge in [-0.3, -0.25) is 4.79 Å². The maximum Gasteiger partial charge on any atom is 0.223 e. The molecule has 1 heterocycles. The van der Waals surface area contributed by atoms with Crippen molar-refractivity contribution in [2.45, 2.75) is 18.8 Å². The molecule has 0 unspecified atom stereocenters. The van der Waals surface area contributed by atoms with Crippen molar-refractivity contribution in [3.63, 3.8) is 0 Å². The summed E-state index contributed by atoms with van der Waals surface area (Å²) >= 11 is 0. The summed E-state index contributed by atoms with van der Waals surface area (Å²) in [4.78, 5) is 12.3. The number of carbonyl (C=O) groups excluding carboxylic acids is 1. The molecule has 2 aromatic carbocycles. The summed E-state index contributed by atoms with van der Waals surface area (Å²) < 4.78 is 22.9. The summed E-state index contributed by atoms with van der Waals surface area (Å²) in [6.07, 6.45) is 1.55. The van der Waals surface area contributed by atoms with Crippen LogP contribution in [0.15, 0.2) is 42.5 Å². The van der Waals surface area contributed by atoms with E-state index < -0.39 is 9.84 Å². The highest BCUT2D eigenvalue weighted by atomic mass is 32.2. The van der Waals surface area contributed by atoms with Gasteiger partial charge in [-0.25, -0.2) is 8.42 Å². The minimum atomic E-state index is -2.87. The van der Waals surface area contributed by atoms with Crippen molar-refractivity contribution in [1.29, 1.82) is 0 Å². The molecule has 1 amide bonds. The third-order valence-electron chi connectivity index (χ3n) is 5.22. The molecule has 1 saturated carbocycles. The van der Waals surface area contributed by atoms with Crippen molar-refractivity contribution >= 4 is 26.5 Å². The van der Waals surface area contributed by atoms with Crippen LogP contribution in [0.25, 0.3) is 10.8 Å². The third kappa shape index (κ3) is 3.18. The summed E-state index contributed by atoms with van der Waals surface area (Å²) in [5.74, 6) is 0.947. The summed E-state index contributed by atoms with van der Waals surface area (Å²) in [5, 5.41) is 5.38. The Hall–Kier alpha value is -1.88. The molecule has 0 aromatic heterocycles. The van der Waals surface area contributed by atoms with Crippen LogP contribution in [0.2, 0.25) is 0 Å². The number of fused-ring (bicyclic) bond motifs is 1. The third-order valence-corrected chi connectivity index (χ3v) is 7.06. The molecule has 5 heteroatoms. The highest BCUT2D eigenvalue weighted by Gasteiger charge is 2.44. The zero-order valence-corrected chi connectivity index (χ0v) is 14.3. The summed E-state index contributed by atoms with van der Waals surface area (Å²) in [6.45, 7) is 0.485. The quantitative estimate of drug-likeness (QED) is 0.928. The van der Waals surface area contributed by atoms with Crippen molar-refractivity contribution in [2.75, 3.05) is 18.1 Å². The Balaban J connectivity index is 1.36. The molecule has 0 bridgehead atoms. The minimum Gasteiger partial charge on any atom is -0.356 e. The lowest BCUT2D eigenvalue weighted by molar-refractivity contribution is -0.122. The van der Waals surface area contributed by atoms with E-state index in [1.165, 1.54) is 16.3 Å². The van der Waals surface area contributed by atoms with Crippen LogP contribution in [0.1, 0.15) is 24.3 Å². The van der Waals surface area contributed by atoms with Gasteiger partial charge in [0.15, 0.2) is 9.84 Å². The van der Waals surface area contributed by atoms with Gasteiger partial charge in [0, 0.05) is 12.5 Å². The van der Waals surface area contributed by atoms with Crippen LogP contribution in [0.5, 0.6) is 0 Å². The van der Waals surface area contributed by atoms with Gasteiger partial charge in [-0.05, 0) is 41.0 Å². The number of hydrogen-bond acceptors (Lipinski definition) is 3. The zero-order valence-electron chi connectivity index (χ0n) is 13.4. The van der Waals surface area contributed by atoms with Gasteiger partial charge in [0.25, 0.3) is 0 Å². The van der Waals surface area contributed by atoms with Crippen molar-refractivity contribution in [3.8, 4) is 0 Å². The average molecular weight is 343 g/mol. The predicted octanol–water partition coefficient (Wildman–Crippen LogP) is 2.49. The maximum atomic E-state index is 12.3. The summed E-state index contributed by atoms with van der Waals surface area (Å²) in [5.41, 5.74) is 1.22. The zero-order chi connectivity index (χ0) is 16.7. The van der Waals surface area contributed by atoms with Crippen molar-refractivity contribution in [2.24, 2.45) is 11.8 Å². The van der Waals surface area contributed by atoms with Crippen LogP contribution in [0.4, 0.5) is 0 Å². The lowest BCUT2D eigenvalue weighted by Crippen LogP contribution is -2.31. The van der Waals surface area contributed by atoms with E-state index in [9.17, 15) is 13.2 Å². The number of benzene rings is 2. The molecule has 4 nitrogen and oxygen atoms in total. The lowest BCUT2D eigenvalue weighted by Gasteiger charge is -2.09. The van der Waals surface area contributed by atoms with E-state index in [0.29, 0.717) is 18.9 Å². The Morgan fingerprint density at radius 2 is 1.92 bits per heavy atom. The van der Waals surface area contributed by atoms with Crippen LogP contribution >= 0.6 is 0 Å². The fourth-order valence-electron chi connectivity index (χ4n) is 3.70. The molecule has 2 fully saturated rings. The predicted molar refractivity (Wildman–Crippen MR) is 94.6 cm³/mol. The molecule has 3 atom stereocenters. The van der Waals surface area contributed by atoms with E-state index in [-0.39, 0.29) is 29.2 Å². The smallest absolute Gasteiger partial charge is 0.223 e. The molecule has 1 aliphatic heterocycles. The van der Waals surface area contributed by atoms with Gasteiger partial charge >= 0.3 is 0 Å². The molecule has 24 heavy (non-hydrogen) atoms. The fraction of sp³-hybridized carbons (Fsp3) is 0.421. The molecule has 4 rings (SSSR count). The van der Waals surface area contributed by atoms with Gasteiger partial charge < -0.3 is 5.32 Å². The molecular formula is C19H21NO3S. The molecule has 2 aromatic rings. The van der Waals surface area contributed by atoms with E-state index in [4.69, 9.17) is 0 Å². The van der Waals surface area contributed by atoms with Gasteiger partial charge in [0.1, 0.15) is 0 Å². The first kappa shape index (κ1) is 15.6. The number of carbonyl (C=O) groups is 1. The molecule has 1 saturated heterocycles. The van der Waals surface area contributed by atoms with Crippen LogP contribution in [-0.4, -0.2) is 32.4 Å². The summed E-state index contributed by atoms with van der Waals surface area (Å²) in [7, 11) is -2.87. The standard InChI is InChI=1S/C19H21NO3S/c21-19(20-11-13-7-8-24(22,23)12-13)18-10-17(18)16-6-5-14-3-1-2-4-15(14)9-16/h1-6,9,13,17-18H,7-8,10-12H2,(H,20,21)/t13-,17+,18+/m0/s1. The van der Waals surface area contributed by atoms with E-state index in [1.807, 2.05) is 12.1 Å². The second-order valence-electron chi connectivity index (χ2n) is 7.07. The Bertz CT molecular complexity index is 890. The summed E-state index contributed by atoms with van der Waals surface area (Å²) in [6, 6.07) is 14.6. The van der Waals surface area contributed by atoms with Gasteiger partial charge in [-0.15, -0.1) is 0 Å². The lowest BCUT2D eigenvalue weighted by atomic mass is 10.0. The Kier molecular flexibility index (Phi) is 3.83. The first-order valence-electron chi connectivity index (χ1n) is 8.49. The first-order valence-corrected chi connectivity index (χ1v) is 10.3. The minimum absolute atomic E-state index is 0.0316. The molecule has 0 spiro atoms. The second kappa shape index (κ2) is 5.88. The molecule has 1 aliphatic carbocycles. The number of hydrogen-bond donors (Lipinski definition) is 1. The highest BCUT2D eigenvalue weighted by molar-refractivity contribution is 7.91. The number of rotatable bonds is 4. The molecule has 2 aliphatic rings. The molecule has 0 radical (unpaired) electrons. The first-order chi connectivity index (χ1) is 11.5. The normalized spacial score (nSPS) is 27.9. The fourth-order valence-corrected chi connectivity index (χ4v) is 5.56. The Labute approximate surface area is 142 Å². The van der Waals surface area contributed by atoms with E-state index >= 15 is 0 Å². The van der Waals surface area contributed by atoms with Crippen LogP contribution < -0.4 is 5.32 Å². The average Bonchev–Trinajstić information content (AvgIpc) is 3.30. The topological polar surface area (TPSA) is 63.2 Å². The highest BCUT2D eigenvalue weighted by Crippen LogP contribution is 2.48. The SMILES string of the molecule is O=C(NC[C@@H]1CCS(=O)(=O)C1)[C@@H]1C[C@@H]1c1ccc2ccccc2c1.